The highest BCUT2D eigenvalue weighted by atomic mass is 14.8. The van der Waals surface area contributed by atoms with Gasteiger partial charge in [0.1, 0.15) is 12.1 Å². The zero-order valence-corrected chi connectivity index (χ0v) is 14.9. The third-order valence-corrected chi connectivity index (χ3v) is 4.28. The maximum Gasteiger partial charge on any atom is 0.198 e. The van der Waals surface area contributed by atoms with Crippen molar-refractivity contribution >= 4 is 11.4 Å². The van der Waals surface area contributed by atoms with Gasteiger partial charge in [-0.05, 0) is 43.5 Å². The van der Waals surface area contributed by atoms with E-state index in [2.05, 4.69) is 33.7 Å². The number of hydrogen-bond acceptors (Lipinski definition) is 2. The van der Waals surface area contributed by atoms with Gasteiger partial charge < -0.3 is 0 Å². The van der Waals surface area contributed by atoms with Crippen molar-refractivity contribution in [3.63, 3.8) is 0 Å². The molecular formula is C22H14N4. The summed E-state index contributed by atoms with van der Waals surface area (Å²) in [4.78, 5) is 6.94. The minimum Gasteiger partial charge on any atom is -0.250 e. The van der Waals surface area contributed by atoms with Gasteiger partial charge in [-0.3, -0.25) is 0 Å². The molecule has 0 aromatic heterocycles. The van der Waals surface area contributed by atoms with Crippen molar-refractivity contribution in [2.45, 2.75) is 27.7 Å². The molecule has 2 aromatic carbocycles. The van der Waals surface area contributed by atoms with Gasteiger partial charge >= 0.3 is 0 Å². The summed E-state index contributed by atoms with van der Waals surface area (Å²) < 4.78 is 0. The molecule has 2 rings (SSSR count). The Morgan fingerprint density at radius 1 is 0.731 bits per heavy atom. The van der Waals surface area contributed by atoms with E-state index >= 15 is 0 Å². The standard InChI is InChI=1S/C22H14N4/c1-13-9-17(15(3)20(12-24)19(13)11-23)7-8-18-10-14(2)21(25-5)22(26-6)16(18)4/h9-10H,1-4H3. The van der Waals surface area contributed by atoms with Crippen molar-refractivity contribution in [2.24, 2.45) is 0 Å². The van der Waals surface area contributed by atoms with Gasteiger partial charge in [0.15, 0.2) is 11.4 Å². The molecule has 0 saturated heterocycles. The summed E-state index contributed by atoms with van der Waals surface area (Å²) in [6.07, 6.45) is 0. The second kappa shape index (κ2) is 7.24. The van der Waals surface area contributed by atoms with E-state index < -0.39 is 0 Å². The van der Waals surface area contributed by atoms with E-state index in [-0.39, 0.29) is 0 Å². The van der Waals surface area contributed by atoms with Crippen LogP contribution < -0.4 is 0 Å². The lowest BCUT2D eigenvalue weighted by Crippen LogP contribution is -1.97. The van der Waals surface area contributed by atoms with Crippen LogP contribution in [0.25, 0.3) is 9.69 Å². The average molecular weight is 334 g/mol. The molecule has 0 aliphatic rings. The summed E-state index contributed by atoms with van der Waals surface area (Å²) in [7, 11) is 0. The van der Waals surface area contributed by atoms with E-state index in [1.165, 1.54) is 0 Å². The zero-order chi connectivity index (χ0) is 19.4. The van der Waals surface area contributed by atoms with Gasteiger partial charge in [-0.25, -0.2) is 9.69 Å². The Hall–Kier alpha value is -4.04. The summed E-state index contributed by atoms with van der Waals surface area (Å²) >= 11 is 0. The van der Waals surface area contributed by atoms with Gasteiger partial charge in [-0.15, -0.1) is 0 Å². The third-order valence-electron chi connectivity index (χ3n) is 4.28. The number of hydrogen-bond donors (Lipinski definition) is 0. The van der Waals surface area contributed by atoms with E-state index in [9.17, 15) is 10.5 Å². The lowest BCUT2D eigenvalue weighted by molar-refractivity contribution is 1.29. The molecule has 0 spiro atoms. The van der Waals surface area contributed by atoms with E-state index in [0.29, 0.717) is 55.9 Å². The van der Waals surface area contributed by atoms with Crippen LogP contribution in [0.3, 0.4) is 0 Å². The zero-order valence-electron chi connectivity index (χ0n) is 14.9. The molecule has 26 heavy (non-hydrogen) atoms. The van der Waals surface area contributed by atoms with Crippen LogP contribution in [-0.4, -0.2) is 0 Å². The number of nitrogens with zero attached hydrogens (tertiary/aromatic N) is 4. The first-order valence-corrected chi connectivity index (χ1v) is 7.75. The van der Waals surface area contributed by atoms with Crippen LogP contribution >= 0.6 is 0 Å². The highest BCUT2D eigenvalue weighted by Gasteiger charge is 2.14. The molecule has 122 valence electrons. The maximum atomic E-state index is 9.36. The van der Waals surface area contributed by atoms with Crippen molar-refractivity contribution < 1.29 is 0 Å². The topological polar surface area (TPSA) is 56.3 Å². The summed E-state index contributed by atoms with van der Waals surface area (Å²) in [5.74, 6) is 6.13. The normalized spacial score (nSPS) is 9.08. The van der Waals surface area contributed by atoms with Crippen LogP contribution in [0, 0.1) is 75.3 Å². The van der Waals surface area contributed by atoms with E-state index in [1.54, 1.807) is 39.8 Å². The molecule has 0 aliphatic carbocycles. The van der Waals surface area contributed by atoms with Crippen LogP contribution in [0.4, 0.5) is 11.4 Å². The van der Waals surface area contributed by atoms with E-state index in [4.69, 9.17) is 13.1 Å². The van der Waals surface area contributed by atoms with E-state index in [0.717, 1.165) is 0 Å². The number of aryl methyl sites for hydroxylation is 2. The quantitative estimate of drug-likeness (QED) is 0.493. The summed E-state index contributed by atoms with van der Waals surface area (Å²) in [6.45, 7) is 21.7. The largest absolute Gasteiger partial charge is 0.250 e. The Bertz CT molecular complexity index is 1070. The molecule has 0 heterocycles. The Morgan fingerprint density at radius 2 is 1.23 bits per heavy atom. The first-order valence-electron chi connectivity index (χ1n) is 7.75. The number of benzene rings is 2. The predicted molar refractivity (Wildman–Crippen MR) is 99.8 cm³/mol. The molecule has 0 aliphatic heterocycles. The molecule has 2 aromatic rings. The highest BCUT2D eigenvalue weighted by molar-refractivity contribution is 5.80. The Balaban J connectivity index is 2.71. The van der Waals surface area contributed by atoms with Crippen molar-refractivity contribution in [1.82, 2.24) is 0 Å². The molecule has 0 bridgehead atoms. The lowest BCUT2D eigenvalue weighted by Gasteiger charge is -2.08. The van der Waals surface area contributed by atoms with Crippen molar-refractivity contribution in [1.29, 1.82) is 10.5 Å². The van der Waals surface area contributed by atoms with Crippen LogP contribution in [-0.2, 0) is 0 Å². The van der Waals surface area contributed by atoms with Crippen LogP contribution in [0.2, 0.25) is 0 Å². The SMILES string of the molecule is [C-]#[N+]c1c(C)cc(C#Cc2cc(C)c(C#N)c(C#N)c2C)c(C)c1[N+]#[C-]. The van der Waals surface area contributed by atoms with Gasteiger partial charge in [0.25, 0.3) is 0 Å². The van der Waals surface area contributed by atoms with Crippen molar-refractivity contribution in [3.05, 3.63) is 79.5 Å². The Kier molecular flexibility index (Phi) is 5.10. The molecule has 0 amide bonds. The summed E-state index contributed by atoms with van der Waals surface area (Å²) in [5, 5.41) is 18.6. The average Bonchev–Trinajstić information content (AvgIpc) is 2.63. The number of nitriles is 2. The van der Waals surface area contributed by atoms with Gasteiger partial charge in [0.2, 0.25) is 0 Å². The minimum atomic E-state index is 0.328. The molecular weight excluding hydrogens is 320 g/mol. The Morgan fingerprint density at radius 3 is 1.73 bits per heavy atom. The first-order chi connectivity index (χ1) is 12.4. The smallest absolute Gasteiger partial charge is 0.198 e. The van der Waals surface area contributed by atoms with Crippen molar-refractivity contribution in [2.75, 3.05) is 0 Å². The number of rotatable bonds is 0. The fraction of sp³-hybridized carbons (Fsp3) is 0.182. The molecule has 4 heteroatoms. The second-order valence-electron chi connectivity index (χ2n) is 5.88. The van der Waals surface area contributed by atoms with Crippen LogP contribution in [0.1, 0.15) is 44.5 Å². The predicted octanol–water partition coefficient (Wildman–Crippen LogP) is 5.17. The molecule has 0 saturated carbocycles. The molecule has 0 radical (unpaired) electrons. The van der Waals surface area contributed by atoms with Gasteiger partial charge in [-0.1, -0.05) is 30.4 Å². The molecule has 0 unspecified atom stereocenters. The lowest BCUT2D eigenvalue weighted by atomic mass is 9.94. The minimum absolute atomic E-state index is 0.328. The van der Waals surface area contributed by atoms with Crippen molar-refractivity contribution in [3.8, 4) is 24.0 Å². The van der Waals surface area contributed by atoms with Crippen LogP contribution in [0.15, 0.2) is 12.1 Å². The summed E-state index contributed by atoms with van der Waals surface area (Å²) in [6, 6.07) is 7.76. The molecule has 4 nitrogen and oxygen atoms in total. The molecule has 0 N–H and O–H groups in total. The monoisotopic (exact) mass is 334 g/mol. The summed E-state index contributed by atoms with van der Waals surface area (Å²) in [5.41, 5.74) is 5.52. The van der Waals surface area contributed by atoms with Gasteiger partial charge in [-0.2, -0.15) is 10.5 Å². The maximum absolute atomic E-state index is 9.36. The van der Waals surface area contributed by atoms with Gasteiger partial charge in [0.05, 0.1) is 24.3 Å². The van der Waals surface area contributed by atoms with Gasteiger partial charge in [0, 0.05) is 11.1 Å². The third kappa shape index (κ3) is 2.99. The Labute approximate surface area is 153 Å². The molecule has 0 atom stereocenters. The fourth-order valence-corrected chi connectivity index (χ4v) is 2.76. The second-order valence-corrected chi connectivity index (χ2v) is 5.88. The first kappa shape index (κ1) is 18.3. The fourth-order valence-electron chi connectivity index (χ4n) is 2.76. The van der Waals surface area contributed by atoms with E-state index in [1.807, 2.05) is 0 Å². The molecule has 0 fully saturated rings. The highest BCUT2D eigenvalue weighted by Crippen LogP contribution is 2.37. The van der Waals surface area contributed by atoms with Crippen LogP contribution in [0.5, 0.6) is 0 Å².